The number of carbonyl (C=O) groups excluding carboxylic acids is 1. The van der Waals surface area contributed by atoms with Gasteiger partial charge in [-0.05, 0) is 50.4 Å². The summed E-state index contributed by atoms with van der Waals surface area (Å²) in [6, 6.07) is 8.16. The highest BCUT2D eigenvalue weighted by molar-refractivity contribution is 9.10. The predicted octanol–water partition coefficient (Wildman–Crippen LogP) is 2.92. The molecule has 0 saturated carbocycles. The lowest BCUT2D eigenvalue weighted by Gasteiger charge is -2.35. The fourth-order valence-electron chi connectivity index (χ4n) is 2.69. The van der Waals surface area contributed by atoms with Gasteiger partial charge in [-0.3, -0.25) is 4.79 Å². The molecule has 0 spiro atoms. The highest BCUT2D eigenvalue weighted by atomic mass is 79.9. The number of rotatable bonds is 4. The van der Waals surface area contributed by atoms with Crippen LogP contribution in [0.3, 0.4) is 0 Å². The third-order valence-corrected chi connectivity index (χ3v) is 4.11. The standard InChI is InChI=1S/C15H20BrNO2/c1-2-19-14(18)15(7-4-8-17-11-15)10-12-5-3-6-13(16)9-12/h3,5-6,9,17H,2,4,7-8,10-11H2,1H3/t15-/m0/s1. The molecule has 1 N–H and O–H groups in total. The second-order valence-electron chi connectivity index (χ2n) is 5.09. The van der Waals surface area contributed by atoms with Crippen molar-refractivity contribution in [2.24, 2.45) is 5.41 Å². The smallest absolute Gasteiger partial charge is 0.313 e. The van der Waals surface area contributed by atoms with Crippen LogP contribution in [-0.2, 0) is 16.0 Å². The Morgan fingerprint density at radius 2 is 2.37 bits per heavy atom. The Bertz CT molecular complexity index is 442. The van der Waals surface area contributed by atoms with Crippen LogP contribution in [0.15, 0.2) is 28.7 Å². The molecule has 0 aliphatic carbocycles. The Morgan fingerprint density at radius 3 is 3.00 bits per heavy atom. The zero-order valence-electron chi connectivity index (χ0n) is 11.2. The first-order valence-electron chi connectivity index (χ1n) is 6.79. The van der Waals surface area contributed by atoms with Crippen LogP contribution in [0.4, 0.5) is 0 Å². The van der Waals surface area contributed by atoms with Crippen LogP contribution < -0.4 is 5.32 Å². The van der Waals surface area contributed by atoms with Crippen LogP contribution in [0.1, 0.15) is 25.3 Å². The van der Waals surface area contributed by atoms with E-state index in [1.54, 1.807) is 0 Å². The number of carbonyl (C=O) groups is 1. The van der Waals surface area contributed by atoms with E-state index in [1.807, 2.05) is 19.1 Å². The number of halogens is 1. The van der Waals surface area contributed by atoms with E-state index in [4.69, 9.17) is 4.74 Å². The number of ether oxygens (including phenoxy) is 1. The monoisotopic (exact) mass is 325 g/mol. The minimum Gasteiger partial charge on any atom is -0.466 e. The van der Waals surface area contributed by atoms with Crippen LogP contribution in [0, 0.1) is 5.41 Å². The van der Waals surface area contributed by atoms with Crippen LogP contribution in [-0.4, -0.2) is 25.7 Å². The summed E-state index contributed by atoms with van der Waals surface area (Å²) in [4.78, 5) is 12.3. The van der Waals surface area contributed by atoms with Crippen molar-refractivity contribution < 1.29 is 9.53 Å². The fraction of sp³-hybridized carbons (Fsp3) is 0.533. The topological polar surface area (TPSA) is 38.3 Å². The molecule has 0 aromatic heterocycles. The summed E-state index contributed by atoms with van der Waals surface area (Å²) in [6.07, 6.45) is 2.65. The first kappa shape index (κ1) is 14.5. The molecular formula is C15H20BrNO2. The lowest BCUT2D eigenvalue weighted by atomic mass is 9.76. The number of hydrogen-bond donors (Lipinski definition) is 1. The molecule has 0 radical (unpaired) electrons. The van der Waals surface area contributed by atoms with Gasteiger partial charge >= 0.3 is 5.97 Å². The van der Waals surface area contributed by atoms with Gasteiger partial charge in [0.05, 0.1) is 12.0 Å². The van der Waals surface area contributed by atoms with E-state index in [0.29, 0.717) is 13.2 Å². The summed E-state index contributed by atoms with van der Waals surface area (Å²) >= 11 is 3.48. The van der Waals surface area contributed by atoms with Crippen molar-refractivity contribution >= 4 is 21.9 Å². The molecule has 1 aliphatic rings. The number of hydrogen-bond acceptors (Lipinski definition) is 3. The Hall–Kier alpha value is -0.870. The average Bonchev–Trinajstić information content (AvgIpc) is 2.40. The quantitative estimate of drug-likeness (QED) is 0.865. The predicted molar refractivity (Wildman–Crippen MR) is 79.0 cm³/mol. The molecule has 1 aromatic carbocycles. The van der Waals surface area contributed by atoms with Gasteiger partial charge in [-0.15, -0.1) is 0 Å². The van der Waals surface area contributed by atoms with E-state index in [0.717, 1.165) is 30.3 Å². The Balaban J connectivity index is 2.20. The lowest BCUT2D eigenvalue weighted by molar-refractivity contribution is -0.156. The maximum Gasteiger partial charge on any atom is 0.313 e. The van der Waals surface area contributed by atoms with Gasteiger partial charge in [-0.25, -0.2) is 0 Å². The van der Waals surface area contributed by atoms with E-state index >= 15 is 0 Å². The summed E-state index contributed by atoms with van der Waals surface area (Å²) in [7, 11) is 0. The molecule has 4 heteroatoms. The van der Waals surface area contributed by atoms with Crippen LogP contribution in [0.5, 0.6) is 0 Å². The van der Waals surface area contributed by atoms with Gasteiger partial charge in [0.2, 0.25) is 0 Å². The molecule has 1 saturated heterocycles. The van der Waals surface area contributed by atoms with Crippen molar-refractivity contribution in [3.05, 3.63) is 34.3 Å². The molecule has 104 valence electrons. The lowest BCUT2D eigenvalue weighted by Crippen LogP contribution is -2.47. The minimum atomic E-state index is -0.408. The van der Waals surface area contributed by atoms with E-state index < -0.39 is 5.41 Å². The maximum absolute atomic E-state index is 12.3. The van der Waals surface area contributed by atoms with E-state index in [-0.39, 0.29) is 5.97 Å². The molecule has 2 rings (SSSR count). The first-order chi connectivity index (χ1) is 9.16. The molecule has 1 aliphatic heterocycles. The van der Waals surface area contributed by atoms with Crippen LogP contribution >= 0.6 is 15.9 Å². The number of benzene rings is 1. The maximum atomic E-state index is 12.3. The third-order valence-electron chi connectivity index (χ3n) is 3.61. The highest BCUT2D eigenvalue weighted by Gasteiger charge is 2.41. The zero-order valence-corrected chi connectivity index (χ0v) is 12.8. The van der Waals surface area contributed by atoms with E-state index in [1.165, 1.54) is 5.56 Å². The zero-order chi connectivity index (χ0) is 13.7. The number of nitrogens with one attached hydrogen (secondary N) is 1. The van der Waals surface area contributed by atoms with Crippen molar-refractivity contribution in [2.45, 2.75) is 26.2 Å². The van der Waals surface area contributed by atoms with Crippen LogP contribution in [0.2, 0.25) is 0 Å². The first-order valence-corrected chi connectivity index (χ1v) is 7.58. The molecule has 0 bridgehead atoms. The molecule has 1 atom stereocenters. The van der Waals surface area contributed by atoms with E-state index in [9.17, 15) is 4.79 Å². The van der Waals surface area contributed by atoms with E-state index in [2.05, 4.69) is 33.4 Å². The van der Waals surface area contributed by atoms with Crippen molar-refractivity contribution in [1.29, 1.82) is 0 Å². The summed E-state index contributed by atoms with van der Waals surface area (Å²) in [5.74, 6) is -0.0674. The van der Waals surface area contributed by atoms with Gasteiger partial charge in [0.1, 0.15) is 0 Å². The third kappa shape index (κ3) is 3.57. The van der Waals surface area contributed by atoms with Gasteiger partial charge in [-0.1, -0.05) is 28.1 Å². The van der Waals surface area contributed by atoms with Gasteiger partial charge in [0.25, 0.3) is 0 Å². The molecule has 0 amide bonds. The van der Waals surface area contributed by atoms with Gasteiger partial charge in [-0.2, -0.15) is 0 Å². The number of piperidine rings is 1. The number of esters is 1. The molecule has 3 nitrogen and oxygen atoms in total. The largest absolute Gasteiger partial charge is 0.466 e. The Labute approximate surface area is 122 Å². The summed E-state index contributed by atoms with van der Waals surface area (Å²) in [6.45, 7) is 4.00. The molecule has 0 unspecified atom stereocenters. The minimum absolute atomic E-state index is 0.0674. The Morgan fingerprint density at radius 1 is 1.53 bits per heavy atom. The Kier molecular flexibility index (Phi) is 4.99. The highest BCUT2D eigenvalue weighted by Crippen LogP contribution is 2.32. The summed E-state index contributed by atoms with van der Waals surface area (Å²) in [5.41, 5.74) is 0.765. The van der Waals surface area contributed by atoms with Gasteiger partial charge in [0, 0.05) is 11.0 Å². The van der Waals surface area contributed by atoms with Crippen molar-refractivity contribution in [1.82, 2.24) is 5.32 Å². The van der Waals surface area contributed by atoms with Crippen molar-refractivity contribution in [3.8, 4) is 0 Å². The summed E-state index contributed by atoms with van der Waals surface area (Å²) < 4.78 is 6.35. The average molecular weight is 326 g/mol. The van der Waals surface area contributed by atoms with Gasteiger partial charge in [0.15, 0.2) is 0 Å². The molecule has 19 heavy (non-hydrogen) atoms. The fourth-order valence-corrected chi connectivity index (χ4v) is 3.13. The normalized spacial score (nSPS) is 23.1. The summed E-state index contributed by atoms with van der Waals surface area (Å²) in [5, 5.41) is 3.34. The second kappa shape index (κ2) is 6.53. The second-order valence-corrected chi connectivity index (χ2v) is 6.00. The van der Waals surface area contributed by atoms with Crippen molar-refractivity contribution in [3.63, 3.8) is 0 Å². The molecule has 1 fully saturated rings. The molecular weight excluding hydrogens is 306 g/mol. The van der Waals surface area contributed by atoms with Crippen molar-refractivity contribution in [2.75, 3.05) is 19.7 Å². The van der Waals surface area contributed by atoms with Crippen LogP contribution in [0.25, 0.3) is 0 Å². The SMILES string of the molecule is CCOC(=O)[C@]1(Cc2cccc(Br)c2)CCCNC1. The molecule has 1 aromatic rings. The molecule has 1 heterocycles. The van der Waals surface area contributed by atoms with Gasteiger partial charge < -0.3 is 10.1 Å².